The van der Waals surface area contributed by atoms with Crippen molar-refractivity contribution in [2.45, 2.75) is 12.0 Å². The van der Waals surface area contributed by atoms with E-state index in [1.54, 1.807) is 0 Å². The molecular formula is C17H16F2N4O3. The van der Waals surface area contributed by atoms with E-state index in [1.165, 1.54) is 24.1 Å². The maximum atomic E-state index is 14.3. The number of pyridine rings is 1. The topological polar surface area (TPSA) is 123 Å². The fourth-order valence-corrected chi connectivity index (χ4v) is 2.95. The van der Waals surface area contributed by atoms with Crippen LogP contribution < -0.4 is 11.5 Å². The number of carbonyl (C=O) groups is 2. The molecule has 3 rings (SSSR count). The standard InChI is InChI=1S/C17H16F2N4O3/c1-23-5-4-17(26,16(23)25)8-6-9(13(19)10(18)7-8)12-3-2-11(20)14(22-12)15(21)24/h2-3,6-7,26H,4-5,20H2,1H3,(H2,21,24)/t17-/m1/s1. The Morgan fingerprint density at radius 1 is 1.35 bits per heavy atom. The van der Waals surface area contributed by atoms with Gasteiger partial charge in [0.1, 0.15) is 0 Å². The minimum absolute atomic E-state index is 0.00971. The van der Waals surface area contributed by atoms with Crippen LogP contribution in [0.2, 0.25) is 0 Å². The highest BCUT2D eigenvalue weighted by molar-refractivity contribution is 5.96. The highest BCUT2D eigenvalue weighted by Crippen LogP contribution is 2.36. The molecule has 1 atom stereocenters. The summed E-state index contributed by atoms with van der Waals surface area (Å²) in [5.74, 6) is -4.03. The normalized spacial score (nSPS) is 19.8. The van der Waals surface area contributed by atoms with E-state index in [0.717, 1.165) is 12.1 Å². The number of rotatable bonds is 3. The lowest BCUT2D eigenvalue weighted by Gasteiger charge is -2.22. The molecule has 136 valence electrons. The molecule has 26 heavy (non-hydrogen) atoms. The summed E-state index contributed by atoms with van der Waals surface area (Å²) in [6.07, 6.45) is 0.0363. The van der Waals surface area contributed by atoms with Crippen molar-refractivity contribution in [1.29, 1.82) is 0 Å². The lowest BCUT2D eigenvalue weighted by Crippen LogP contribution is -2.36. The summed E-state index contributed by atoms with van der Waals surface area (Å²) in [6, 6.07) is 4.49. The van der Waals surface area contributed by atoms with Gasteiger partial charge in [0.05, 0.1) is 11.4 Å². The van der Waals surface area contributed by atoms with Gasteiger partial charge in [-0.3, -0.25) is 9.59 Å². The van der Waals surface area contributed by atoms with E-state index in [2.05, 4.69) is 4.98 Å². The summed E-state index contributed by atoms with van der Waals surface area (Å²) in [7, 11) is 1.50. The molecule has 1 saturated heterocycles. The Bertz CT molecular complexity index is 934. The quantitative estimate of drug-likeness (QED) is 0.744. The van der Waals surface area contributed by atoms with Gasteiger partial charge in [-0.2, -0.15) is 0 Å². The molecule has 2 heterocycles. The third-order valence-corrected chi connectivity index (χ3v) is 4.45. The number of hydrogen-bond donors (Lipinski definition) is 3. The number of aliphatic hydroxyl groups is 1. The number of likely N-dealkylation sites (N-methyl/N-ethyl adjacent to an activating group) is 1. The monoisotopic (exact) mass is 362 g/mol. The Kier molecular flexibility index (Phi) is 4.11. The van der Waals surface area contributed by atoms with Crippen molar-refractivity contribution in [3.05, 3.63) is 47.2 Å². The van der Waals surface area contributed by atoms with Gasteiger partial charge < -0.3 is 21.5 Å². The number of aromatic nitrogens is 1. The van der Waals surface area contributed by atoms with Gasteiger partial charge in [-0.15, -0.1) is 0 Å². The van der Waals surface area contributed by atoms with E-state index in [9.17, 15) is 23.5 Å². The van der Waals surface area contributed by atoms with Crippen LogP contribution in [0.4, 0.5) is 14.5 Å². The predicted molar refractivity (Wildman–Crippen MR) is 88.7 cm³/mol. The van der Waals surface area contributed by atoms with E-state index in [-0.39, 0.29) is 41.2 Å². The molecule has 7 nitrogen and oxygen atoms in total. The fraction of sp³-hybridized carbons (Fsp3) is 0.235. The maximum absolute atomic E-state index is 14.3. The summed E-state index contributed by atoms with van der Waals surface area (Å²) in [5, 5.41) is 10.7. The highest BCUT2D eigenvalue weighted by atomic mass is 19.2. The molecule has 0 unspecified atom stereocenters. The van der Waals surface area contributed by atoms with Crippen molar-refractivity contribution >= 4 is 17.5 Å². The van der Waals surface area contributed by atoms with Crippen LogP contribution in [-0.2, 0) is 10.4 Å². The summed E-state index contributed by atoms with van der Waals surface area (Å²) < 4.78 is 28.5. The van der Waals surface area contributed by atoms with Gasteiger partial charge in [-0.05, 0) is 29.8 Å². The molecule has 0 radical (unpaired) electrons. The number of halogens is 2. The Morgan fingerprint density at radius 2 is 2.04 bits per heavy atom. The Morgan fingerprint density at radius 3 is 2.62 bits per heavy atom. The number of primary amides is 1. The Hall–Kier alpha value is -3.07. The number of benzene rings is 1. The first-order valence-electron chi connectivity index (χ1n) is 7.69. The van der Waals surface area contributed by atoms with E-state index in [1.807, 2.05) is 0 Å². The second kappa shape index (κ2) is 6.03. The SMILES string of the molecule is CN1CC[C@@](O)(c2cc(F)c(F)c(-c3ccc(N)c(C(N)=O)n3)c2)C1=O. The van der Waals surface area contributed by atoms with Crippen LogP contribution in [0, 0.1) is 11.6 Å². The van der Waals surface area contributed by atoms with Crippen LogP contribution >= 0.6 is 0 Å². The number of nitrogens with two attached hydrogens (primary N) is 2. The molecule has 2 aromatic rings. The van der Waals surface area contributed by atoms with E-state index < -0.39 is 29.0 Å². The molecule has 1 fully saturated rings. The number of nitrogen functional groups attached to an aromatic ring is 1. The van der Waals surface area contributed by atoms with Gasteiger partial charge in [-0.25, -0.2) is 13.8 Å². The molecular weight excluding hydrogens is 346 g/mol. The molecule has 0 bridgehead atoms. The van der Waals surface area contributed by atoms with Crippen molar-refractivity contribution in [3.8, 4) is 11.3 Å². The van der Waals surface area contributed by atoms with Gasteiger partial charge >= 0.3 is 0 Å². The zero-order chi connectivity index (χ0) is 19.2. The first kappa shape index (κ1) is 17.7. The average Bonchev–Trinajstić information content (AvgIpc) is 2.86. The number of hydrogen-bond acceptors (Lipinski definition) is 5. The second-order valence-corrected chi connectivity index (χ2v) is 6.16. The Balaban J connectivity index is 2.18. The van der Waals surface area contributed by atoms with Crippen molar-refractivity contribution in [2.24, 2.45) is 5.73 Å². The van der Waals surface area contributed by atoms with Crippen LogP contribution in [0.25, 0.3) is 11.3 Å². The maximum Gasteiger partial charge on any atom is 0.269 e. The van der Waals surface area contributed by atoms with Crippen LogP contribution in [0.3, 0.4) is 0 Å². The zero-order valence-corrected chi connectivity index (χ0v) is 13.8. The fourth-order valence-electron chi connectivity index (χ4n) is 2.95. The van der Waals surface area contributed by atoms with E-state index in [4.69, 9.17) is 11.5 Å². The minimum atomic E-state index is -1.96. The third kappa shape index (κ3) is 2.66. The van der Waals surface area contributed by atoms with Crippen molar-refractivity contribution < 1.29 is 23.5 Å². The first-order valence-corrected chi connectivity index (χ1v) is 7.69. The highest BCUT2D eigenvalue weighted by Gasteiger charge is 2.45. The molecule has 5 N–H and O–H groups in total. The smallest absolute Gasteiger partial charge is 0.269 e. The molecule has 1 aliphatic rings. The molecule has 1 aliphatic heterocycles. The number of amides is 2. The van der Waals surface area contributed by atoms with Gasteiger partial charge in [0.25, 0.3) is 11.8 Å². The van der Waals surface area contributed by atoms with Gasteiger partial charge in [0.2, 0.25) is 0 Å². The lowest BCUT2D eigenvalue weighted by atomic mass is 9.90. The van der Waals surface area contributed by atoms with Crippen LogP contribution in [0.15, 0.2) is 24.3 Å². The average molecular weight is 362 g/mol. The summed E-state index contributed by atoms with van der Waals surface area (Å²) in [6.45, 7) is 0.273. The van der Waals surface area contributed by atoms with Gasteiger partial charge in [0.15, 0.2) is 22.9 Å². The number of carbonyl (C=O) groups excluding carboxylic acids is 2. The van der Waals surface area contributed by atoms with Crippen molar-refractivity contribution in [3.63, 3.8) is 0 Å². The largest absolute Gasteiger partial charge is 0.397 e. The second-order valence-electron chi connectivity index (χ2n) is 6.16. The zero-order valence-electron chi connectivity index (χ0n) is 13.8. The molecule has 1 aromatic carbocycles. The first-order chi connectivity index (χ1) is 12.1. The van der Waals surface area contributed by atoms with Crippen molar-refractivity contribution in [2.75, 3.05) is 19.3 Å². The predicted octanol–water partition coefficient (Wildman–Crippen LogP) is 0.758. The number of nitrogens with zero attached hydrogens (tertiary/aromatic N) is 2. The van der Waals surface area contributed by atoms with E-state index >= 15 is 0 Å². The van der Waals surface area contributed by atoms with Crippen LogP contribution in [0.5, 0.6) is 0 Å². The summed E-state index contributed by atoms with van der Waals surface area (Å²) in [5.41, 5.74) is 7.99. The van der Waals surface area contributed by atoms with Gasteiger partial charge in [0, 0.05) is 25.6 Å². The molecule has 0 saturated carbocycles. The molecule has 2 amide bonds. The number of anilines is 1. The van der Waals surface area contributed by atoms with Crippen molar-refractivity contribution in [1.82, 2.24) is 9.88 Å². The summed E-state index contributed by atoms with van der Waals surface area (Å²) in [4.78, 5) is 28.8. The van der Waals surface area contributed by atoms with Crippen LogP contribution in [0.1, 0.15) is 22.5 Å². The summed E-state index contributed by atoms with van der Waals surface area (Å²) >= 11 is 0. The molecule has 0 aliphatic carbocycles. The lowest BCUT2D eigenvalue weighted by molar-refractivity contribution is -0.143. The Labute approximate surface area is 147 Å². The minimum Gasteiger partial charge on any atom is -0.397 e. The van der Waals surface area contributed by atoms with E-state index in [0.29, 0.717) is 0 Å². The molecule has 9 heteroatoms. The molecule has 0 spiro atoms. The molecule has 1 aromatic heterocycles. The van der Waals surface area contributed by atoms with Gasteiger partial charge in [-0.1, -0.05) is 0 Å². The van der Waals surface area contributed by atoms with Crippen LogP contribution in [-0.4, -0.2) is 40.4 Å². The number of likely N-dealkylation sites (tertiary alicyclic amines) is 1. The third-order valence-electron chi connectivity index (χ3n) is 4.45.